The van der Waals surface area contributed by atoms with E-state index < -0.39 is 0 Å². The summed E-state index contributed by atoms with van der Waals surface area (Å²) in [5.74, 6) is 0.391. The average molecular weight is 259 g/mol. The molecule has 6 N–H and O–H groups in total. The van der Waals surface area contributed by atoms with Gasteiger partial charge in [0.1, 0.15) is 0 Å². The molecular formula is C10H13N9. The van der Waals surface area contributed by atoms with Crippen molar-refractivity contribution in [3.8, 4) is 11.4 Å². The number of aliphatic imine (C=N–C) groups is 2. The Bertz CT molecular complexity index is 619. The molecular weight excluding hydrogens is 246 g/mol. The Morgan fingerprint density at radius 3 is 2.37 bits per heavy atom. The maximum atomic E-state index is 5.52. The molecule has 0 atom stereocenters. The lowest BCUT2D eigenvalue weighted by Gasteiger charge is -1.97. The van der Waals surface area contributed by atoms with E-state index in [9.17, 15) is 0 Å². The number of nitrogens with zero attached hydrogens (tertiary/aromatic N) is 6. The molecule has 2 aromatic rings. The lowest BCUT2D eigenvalue weighted by molar-refractivity contribution is 0.630. The Labute approximate surface area is 108 Å². The topological polar surface area (TPSA) is 146 Å². The highest BCUT2D eigenvalue weighted by Crippen LogP contribution is 2.18. The summed E-state index contributed by atoms with van der Waals surface area (Å²) in [4.78, 5) is 9.03. The van der Waals surface area contributed by atoms with Gasteiger partial charge in [0.25, 0.3) is 0 Å². The molecule has 0 amide bonds. The van der Waals surface area contributed by atoms with Gasteiger partial charge < -0.3 is 17.2 Å². The Balaban J connectivity index is 2.22. The van der Waals surface area contributed by atoms with Crippen LogP contribution in [0, 0.1) is 0 Å². The van der Waals surface area contributed by atoms with E-state index in [0.717, 1.165) is 5.56 Å². The quantitative estimate of drug-likeness (QED) is 0.470. The summed E-state index contributed by atoms with van der Waals surface area (Å²) in [6, 6.07) is 7.11. The molecule has 19 heavy (non-hydrogen) atoms. The van der Waals surface area contributed by atoms with Crippen molar-refractivity contribution in [1.29, 1.82) is 0 Å². The third-order valence-electron chi connectivity index (χ3n) is 2.12. The number of nitrogens with two attached hydrogens (primary N) is 3. The summed E-state index contributed by atoms with van der Waals surface area (Å²) in [6.07, 6.45) is 0. The van der Waals surface area contributed by atoms with E-state index in [4.69, 9.17) is 17.2 Å². The molecule has 0 spiro atoms. The smallest absolute Gasteiger partial charge is 0.223 e. The van der Waals surface area contributed by atoms with Crippen LogP contribution >= 0.6 is 0 Å². The molecule has 0 unspecified atom stereocenters. The first-order valence-corrected chi connectivity index (χ1v) is 5.33. The van der Waals surface area contributed by atoms with Gasteiger partial charge in [-0.1, -0.05) is 0 Å². The van der Waals surface area contributed by atoms with E-state index >= 15 is 0 Å². The highest BCUT2D eigenvalue weighted by atomic mass is 15.6. The third kappa shape index (κ3) is 3.25. The molecule has 0 fully saturated rings. The van der Waals surface area contributed by atoms with Gasteiger partial charge in [0, 0.05) is 5.56 Å². The van der Waals surface area contributed by atoms with Crippen LogP contribution < -0.4 is 17.2 Å². The van der Waals surface area contributed by atoms with Crippen LogP contribution in [0.5, 0.6) is 0 Å². The largest absolute Gasteiger partial charge is 0.370 e. The first-order valence-electron chi connectivity index (χ1n) is 5.33. The normalized spacial score (nSPS) is 11.3. The predicted octanol–water partition coefficient (Wildman–Crippen LogP) is -0.903. The number of hydrogen-bond donors (Lipinski definition) is 3. The number of aromatic nitrogens is 4. The Morgan fingerprint density at radius 1 is 1.16 bits per heavy atom. The van der Waals surface area contributed by atoms with Gasteiger partial charge in [0.2, 0.25) is 11.8 Å². The SMILES string of the molecule is Cn1nnc(-c2ccc(N=C(N)N=C(N)N)cc2)n1. The maximum absolute atomic E-state index is 5.52. The first kappa shape index (κ1) is 12.5. The van der Waals surface area contributed by atoms with Crippen LogP contribution in [0.1, 0.15) is 0 Å². The van der Waals surface area contributed by atoms with Crippen LogP contribution in [0.25, 0.3) is 11.4 Å². The Morgan fingerprint density at radius 2 is 1.84 bits per heavy atom. The van der Waals surface area contributed by atoms with Crippen molar-refractivity contribution in [3.63, 3.8) is 0 Å². The molecule has 0 saturated carbocycles. The molecule has 1 heterocycles. The molecule has 1 aromatic heterocycles. The number of guanidine groups is 2. The zero-order valence-electron chi connectivity index (χ0n) is 10.2. The molecule has 9 nitrogen and oxygen atoms in total. The number of hydrogen-bond acceptors (Lipinski definition) is 4. The van der Waals surface area contributed by atoms with E-state index in [0.29, 0.717) is 11.5 Å². The lowest BCUT2D eigenvalue weighted by Crippen LogP contribution is -2.26. The van der Waals surface area contributed by atoms with Crippen LogP contribution in [0.4, 0.5) is 5.69 Å². The zero-order chi connectivity index (χ0) is 13.8. The van der Waals surface area contributed by atoms with Crippen LogP contribution in [0.3, 0.4) is 0 Å². The van der Waals surface area contributed by atoms with Gasteiger partial charge in [0.05, 0.1) is 12.7 Å². The van der Waals surface area contributed by atoms with E-state index in [1.54, 1.807) is 31.3 Å². The van der Waals surface area contributed by atoms with Gasteiger partial charge in [-0.05, 0) is 29.5 Å². The minimum absolute atomic E-state index is 0.00891. The third-order valence-corrected chi connectivity index (χ3v) is 2.12. The highest BCUT2D eigenvalue weighted by Gasteiger charge is 2.03. The van der Waals surface area contributed by atoms with Crippen LogP contribution in [0.15, 0.2) is 34.3 Å². The van der Waals surface area contributed by atoms with Crippen molar-refractivity contribution in [2.75, 3.05) is 0 Å². The van der Waals surface area contributed by atoms with Gasteiger partial charge >= 0.3 is 0 Å². The minimum Gasteiger partial charge on any atom is -0.370 e. The molecule has 0 aliphatic heterocycles. The van der Waals surface area contributed by atoms with Gasteiger partial charge in [-0.15, -0.1) is 10.2 Å². The van der Waals surface area contributed by atoms with Crippen molar-refractivity contribution in [3.05, 3.63) is 24.3 Å². The highest BCUT2D eigenvalue weighted by molar-refractivity contribution is 5.93. The van der Waals surface area contributed by atoms with Gasteiger partial charge in [-0.3, -0.25) is 0 Å². The van der Waals surface area contributed by atoms with Crippen LogP contribution in [-0.2, 0) is 7.05 Å². The van der Waals surface area contributed by atoms with Gasteiger partial charge in [-0.25, -0.2) is 4.99 Å². The maximum Gasteiger partial charge on any atom is 0.223 e. The molecule has 0 aliphatic rings. The zero-order valence-corrected chi connectivity index (χ0v) is 10.2. The fraction of sp³-hybridized carbons (Fsp3) is 0.100. The fourth-order valence-corrected chi connectivity index (χ4v) is 1.37. The summed E-state index contributed by atoms with van der Waals surface area (Å²) in [5, 5.41) is 11.8. The summed E-state index contributed by atoms with van der Waals surface area (Å²) in [7, 11) is 1.70. The molecule has 9 heteroatoms. The molecule has 0 radical (unpaired) electrons. The van der Waals surface area contributed by atoms with Crippen LogP contribution in [0.2, 0.25) is 0 Å². The first-order chi connectivity index (χ1) is 9.04. The van der Waals surface area contributed by atoms with Crippen molar-refractivity contribution >= 4 is 17.6 Å². The molecule has 98 valence electrons. The number of benzene rings is 1. The van der Waals surface area contributed by atoms with Gasteiger partial charge in [-0.2, -0.15) is 9.79 Å². The monoisotopic (exact) mass is 259 g/mol. The van der Waals surface area contributed by atoms with E-state index in [-0.39, 0.29) is 11.9 Å². The summed E-state index contributed by atoms with van der Waals surface area (Å²) in [6.45, 7) is 0. The minimum atomic E-state index is -0.137. The molecule has 0 saturated heterocycles. The van der Waals surface area contributed by atoms with Crippen molar-refractivity contribution < 1.29 is 0 Å². The second-order valence-electron chi connectivity index (χ2n) is 3.66. The van der Waals surface area contributed by atoms with Crippen molar-refractivity contribution in [2.24, 2.45) is 34.2 Å². The molecule has 2 rings (SSSR count). The summed E-state index contributed by atoms with van der Waals surface area (Å²) >= 11 is 0. The van der Waals surface area contributed by atoms with Gasteiger partial charge in [0.15, 0.2) is 5.96 Å². The summed E-state index contributed by atoms with van der Waals surface area (Å²) < 4.78 is 0. The fourth-order valence-electron chi connectivity index (χ4n) is 1.37. The lowest BCUT2D eigenvalue weighted by atomic mass is 10.2. The Hall–Kier alpha value is -2.97. The van der Waals surface area contributed by atoms with E-state index in [1.807, 2.05) is 0 Å². The second-order valence-corrected chi connectivity index (χ2v) is 3.66. The number of tetrazole rings is 1. The number of rotatable bonds is 2. The Kier molecular flexibility index (Phi) is 3.37. The predicted molar refractivity (Wildman–Crippen MR) is 71.3 cm³/mol. The molecule has 1 aromatic carbocycles. The standard InChI is InChI=1S/C10H13N9/c1-19-17-8(16-18-19)6-2-4-7(5-3-6)14-10(13)15-9(11)12/h2-5H,1H3,(H6,11,12,13,14,15). The van der Waals surface area contributed by atoms with E-state index in [1.165, 1.54) is 4.80 Å². The molecule has 0 aliphatic carbocycles. The average Bonchev–Trinajstić information content (AvgIpc) is 2.75. The number of aryl methyl sites for hydroxylation is 1. The summed E-state index contributed by atoms with van der Waals surface area (Å²) in [5.41, 5.74) is 17.4. The van der Waals surface area contributed by atoms with Crippen molar-refractivity contribution in [2.45, 2.75) is 0 Å². The van der Waals surface area contributed by atoms with Crippen molar-refractivity contribution in [1.82, 2.24) is 20.2 Å². The molecule has 0 bridgehead atoms. The van der Waals surface area contributed by atoms with E-state index in [2.05, 4.69) is 25.4 Å². The second kappa shape index (κ2) is 5.12. The van der Waals surface area contributed by atoms with Crippen LogP contribution in [-0.4, -0.2) is 32.1 Å².